The Morgan fingerprint density at radius 1 is 1.30 bits per heavy atom. The fourth-order valence-corrected chi connectivity index (χ4v) is 4.47. The van der Waals surface area contributed by atoms with Crippen LogP contribution in [0.3, 0.4) is 0 Å². The highest BCUT2D eigenvalue weighted by molar-refractivity contribution is 5.74. The number of carbonyl (C=O) groups is 1. The second kappa shape index (κ2) is 9.57. The summed E-state index contributed by atoms with van der Waals surface area (Å²) in [6, 6.07) is 9.97. The molecule has 8 heteroatoms. The van der Waals surface area contributed by atoms with Crippen molar-refractivity contribution in [3.8, 4) is 0 Å². The van der Waals surface area contributed by atoms with Gasteiger partial charge in [-0.25, -0.2) is 4.79 Å². The van der Waals surface area contributed by atoms with Gasteiger partial charge in [0, 0.05) is 39.8 Å². The third-order valence-electron chi connectivity index (χ3n) is 6.09. The van der Waals surface area contributed by atoms with E-state index in [2.05, 4.69) is 15.5 Å². The normalized spacial score (nSPS) is 21.0. The molecule has 0 aliphatic carbocycles. The van der Waals surface area contributed by atoms with Gasteiger partial charge in [-0.1, -0.05) is 35.5 Å². The number of amides is 2. The zero-order valence-corrected chi connectivity index (χ0v) is 17.5. The molecule has 1 spiro atoms. The maximum absolute atomic E-state index is 12.5. The summed E-state index contributed by atoms with van der Waals surface area (Å²) in [7, 11) is 1.61. The highest BCUT2D eigenvalue weighted by Crippen LogP contribution is 2.38. The van der Waals surface area contributed by atoms with Gasteiger partial charge in [-0.15, -0.1) is 0 Å². The fourth-order valence-electron chi connectivity index (χ4n) is 4.47. The van der Waals surface area contributed by atoms with Gasteiger partial charge in [0.25, 0.3) is 5.89 Å². The van der Waals surface area contributed by atoms with Gasteiger partial charge in [-0.2, -0.15) is 4.98 Å². The number of hydrogen-bond donors (Lipinski definition) is 1. The van der Waals surface area contributed by atoms with Crippen LogP contribution in [0.4, 0.5) is 4.79 Å². The van der Waals surface area contributed by atoms with Crippen LogP contribution in [-0.4, -0.2) is 53.5 Å². The number of piperidine rings is 1. The summed E-state index contributed by atoms with van der Waals surface area (Å²) in [6.07, 6.45) is 4.49. The predicted octanol–water partition coefficient (Wildman–Crippen LogP) is 2.93. The van der Waals surface area contributed by atoms with Crippen molar-refractivity contribution in [2.75, 3.05) is 26.8 Å². The van der Waals surface area contributed by atoms with E-state index in [9.17, 15) is 4.79 Å². The Kier molecular flexibility index (Phi) is 6.64. The van der Waals surface area contributed by atoms with Gasteiger partial charge in [0.2, 0.25) is 0 Å². The summed E-state index contributed by atoms with van der Waals surface area (Å²) >= 11 is 0. The van der Waals surface area contributed by atoms with Crippen LogP contribution in [0.1, 0.15) is 43.0 Å². The van der Waals surface area contributed by atoms with Crippen molar-refractivity contribution in [1.29, 1.82) is 0 Å². The number of rotatable bonds is 6. The summed E-state index contributed by atoms with van der Waals surface area (Å²) in [4.78, 5) is 18.8. The van der Waals surface area contributed by atoms with Gasteiger partial charge in [0.1, 0.15) is 6.61 Å². The maximum atomic E-state index is 12.5. The number of nitrogens with zero attached hydrogens (tertiary/aromatic N) is 3. The number of aromatic nitrogens is 2. The quantitative estimate of drug-likeness (QED) is 0.782. The van der Waals surface area contributed by atoms with Crippen LogP contribution >= 0.6 is 0 Å². The highest BCUT2D eigenvalue weighted by atomic mass is 16.5. The molecule has 1 atom stereocenters. The van der Waals surface area contributed by atoms with Crippen LogP contribution in [0.15, 0.2) is 34.9 Å². The van der Waals surface area contributed by atoms with Crippen molar-refractivity contribution in [1.82, 2.24) is 20.4 Å². The first kappa shape index (κ1) is 20.8. The van der Waals surface area contributed by atoms with Crippen molar-refractivity contribution >= 4 is 6.03 Å². The first-order valence-corrected chi connectivity index (χ1v) is 10.7. The molecule has 1 aromatic carbocycles. The molecule has 2 aliphatic rings. The van der Waals surface area contributed by atoms with Gasteiger partial charge in [-0.05, 0) is 37.2 Å². The molecule has 4 rings (SSSR count). The minimum Gasteiger partial charge on any atom is -0.375 e. The topological polar surface area (TPSA) is 89.7 Å². The Hall–Kier alpha value is -2.45. The predicted molar refractivity (Wildman–Crippen MR) is 110 cm³/mol. The minimum atomic E-state index is -0.141. The lowest BCUT2D eigenvalue weighted by molar-refractivity contribution is -0.123. The Morgan fingerprint density at radius 2 is 2.10 bits per heavy atom. The molecule has 1 unspecified atom stereocenters. The summed E-state index contributed by atoms with van der Waals surface area (Å²) in [5.74, 6) is 1.72. The molecule has 0 radical (unpaired) electrons. The third kappa shape index (κ3) is 5.17. The van der Waals surface area contributed by atoms with Crippen molar-refractivity contribution in [2.45, 2.75) is 50.9 Å². The molecule has 1 N–H and O–H groups in total. The van der Waals surface area contributed by atoms with Crippen LogP contribution in [0.2, 0.25) is 0 Å². The minimum absolute atomic E-state index is 0.00136. The second-order valence-electron chi connectivity index (χ2n) is 8.26. The van der Waals surface area contributed by atoms with E-state index in [1.165, 1.54) is 0 Å². The second-order valence-corrected chi connectivity index (χ2v) is 8.26. The lowest BCUT2D eigenvalue weighted by Crippen LogP contribution is -2.52. The Bertz CT molecular complexity index is 818. The molecular formula is C22H30N4O4. The molecule has 2 saturated heterocycles. The van der Waals surface area contributed by atoms with Gasteiger partial charge in [0.05, 0.1) is 5.60 Å². The van der Waals surface area contributed by atoms with E-state index in [-0.39, 0.29) is 11.6 Å². The number of benzene rings is 1. The summed E-state index contributed by atoms with van der Waals surface area (Å²) in [5.41, 5.74) is 0.964. The lowest BCUT2D eigenvalue weighted by Gasteiger charge is -2.46. The van der Waals surface area contributed by atoms with E-state index in [0.29, 0.717) is 38.0 Å². The molecule has 2 amide bonds. The van der Waals surface area contributed by atoms with Crippen molar-refractivity contribution in [3.05, 3.63) is 47.6 Å². The van der Waals surface area contributed by atoms with E-state index in [4.69, 9.17) is 14.0 Å². The highest BCUT2D eigenvalue weighted by Gasteiger charge is 2.41. The van der Waals surface area contributed by atoms with E-state index in [1.54, 1.807) is 7.11 Å². The molecule has 1 aromatic heterocycles. The van der Waals surface area contributed by atoms with E-state index in [1.807, 2.05) is 35.2 Å². The molecule has 3 heterocycles. The largest absolute Gasteiger partial charge is 0.375 e. The third-order valence-corrected chi connectivity index (χ3v) is 6.09. The molecule has 30 heavy (non-hydrogen) atoms. The first-order chi connectivity index (χ1) is 14.7. The van der Waals surface area contributed by atoms with Gasteiger partial charge >= 0.3 is 6.03 Å². The van der Waals surface area contributed by atoms with Crippen LogP contribution < -0.4 is 5.32 Å². The SMILES string of the molecule is COCc1nc(CC2CCOC3(CCN(C(=O)NCc4ccccc4)CC3)C2)no1. The fraction of sp³-hybridized carbons (Fsp3) is 0.591. The number of carbonyl (C=O) groups excluding carboxylic acids is 1. The van der Waals surface area contributed by atoms with Crippen LogP contribution in [0.5, 0.6) is 0 Å². The number of hydrogen-bond acceptors (Lipinski definition) is 6. The Labute approximate surface area is 176 Å². The Morgan fingerprint density at radius 3 is 2.87 bits per heavy atom. The van der Waals surface area contributed by atoms with E-state index >= 15 is 0 Å². The maximum Gasteiger partial charge on any atom is 0.317 e. The molecule has 8 nitrogen and oxygen atoms in total. The van der Waals surface area contributed by atoms with Crippen molar-refractivity contribution in [3.63, 3.8) is 0 Å². The zero-order valence-electron chi connectivity index (χ0n) is 17.5. The number of nitrogens with one attached hydrogen (secondary N) is 1. The zero-order chi connectivity index (χ0) is 20.8. The molecule has 162 valence electrons. The van der Waals surface area contributed by atoms with Crippen LogP contribution in [-0.2, 0) is 29.0 Å². The number of ether oxygens (including phenoxy) is 2. The molecule has 2 aromatic rings. The first-order valence-electron chi connectivity index (χ1n) is 10.7. The number of likely N-dealkylation sites (tertiary alicyclic amines) is 1. The average molecular weight is 415 g/mol. The monoisotopic (exact) mass is 414 g/mol. The smallest absolute Gasteiger partial charge is 0.317 e. The standard InChI is InChI=1S/C22H30N4O4/c1-28-16-20-24-19(25-30-20)13-18-7-12-29-22(14-18)8-10-26(11-9-22)21(27)23-15-17-5-3-2-4-6-17/h2-6,18H,7-16H2,1H3,(H,23,27). The van der Waals surface area contributed by atoms with E-state index in [0.717, 1.165) is 50.1 Å². The molecular weight excluding hydrogens is 384 g/mol. The Balaban J connectivity index is 1.26. The molecule has 0 bridgehead atoms. The molecule has 0 saturated carbocycles. The summed E-state index contributed by atoms with van der Waals surface area (Å²) in [5, 5.41) is 7.10. The van der Waals surface area contributed by atoms with Crippen LogP contribution in [0.25, 0.3) is 0 Å². The van der Waals surface area contributed by atoms with Gasteiger partial charge in [-0.3, -0.25) is 0 Å². The van der Waals surface area contributed by atoms with Crippen LogP contribution in [0, 0.1) is 5.92 Å². The lowest BCUT2D eigenvalue weighted by atomic mass is 9.78. The molecule has 2 fully saturated rings. The number of methoxy groups -OCH3 is 1. The summed E-state index contributed by atoms with van der Waals surface area (Å²) < 4.78 is 16.5. The van der Waals surface area contributed by atoms with Gasteiger partial charge in [0.15, 0.2) is 5.82 Å². The number of urea groups is 1. The van der Waals surface area contributed by atoms with Gasteiger partial charge < -0.3 is 24.2 Å². The average Bonchev–Trinajstić information content (AvgIpc) is 3.20. The van der Waals surface area contributed by atoms with Crippen molar-refractivity contribution in [2.24, 2.45) is 5.92 Å². The summed E-state index contributed by atoms with van der Waals surface area (Å²) in [6.45, 7) is 3.07. The van der Waals surface area contributed by atoms with Crippen molar-refractivity contribution < 1.29 is 18.8 Å². The molecule has 2 aliphatic heterocycles. The van der Waals surface area contributed by atoms with E-state index < -0.39 is 0 Å².